The first-order valence-corrected chi connectivity index (χ1v) is 16.0. The molecule has 1 aliphatic rings. The zero-order valence-electron chi connectivity index (χ0n) is 25.2. The van der Waals surface area contributed by atoms with Crippen LogP contribution in [0, 0.1) is 5.92 Å². The van der Waals surface area contributed by atoms with Gasteiger partial charge in [-0.05, 0) is 79.4 Å². The maximum Gasteiger partial charge on any atom is 0.254 e. The number of nitrogens with one attached hydrogen (secondary N) is 2. The van der Waals surface area contributed by atoms with E-state index < -0.39 is 0 Å². The third kappa shape index (κ3) is 9.72. The van der Waals surface area contributed by atoms with E-state index in [1.54, 1.807) is 18.0 Å². The Kier molecular flexibility index (Phi) is 13.4. The second-order valence-corrected chi connectivity index (χ2v) is 11.7. The lowest BCUT2D eigenvalue weighted by Gasteiger charge is -2.33. The molecule has 6 nitrogen and oxygen atoms in total. The highest BCUT2D eigenvalue weighted by Crippen LogP contribution is 2.30. The molecule has 1 saturated heterocycles. The summed E-state index contributed by atoms with van der Waals surface area (Å²) in [6, 6.07) is 22.2. The number of aromatic nitrogens is 1. The van der Waals surface area contributed by atoms with E-state index in [-0.39, 0.29) is 23.8 Å². The fraction of sp³-hybridized carbons (Fsp3) is 0.441. The lowest BCUT2D eigenvalue weighted by molar-refractivity contribution is -0.118. The summed E-state index contributed by atoms with van der Waals surface area (Å²) < 4.78 is 0. The van der Waals surface area contributed by atoms with Gasteiger partial charge < -0.3 is 15.5 Å². The number of benzene rings is 2. The minimum Gasteiger partial charge on any atom is -0.345 e. The predicted molar refractivity (Wildman–Crippen MR) is 172 cm³/mol. The van der Waals surface area contributed by atoms with Gasteiger partial charge in [-0.3, -0.25) is 9.59 Å². The Labute approximate surface area is 250 Å². The number of carbonyl (C=O) groups excluding carboxylic acids is 2. The molecule has 0 saturated carbocycles. The lowest BCUT2D eigenvalue weighted by Crippen LogP contribution is -2.37. The van der Waals surface area contributed by atoms with Gasteiger partial charge in [0, 0.05) is 24.3 Å². The van der Waals surface area contributed by atoms with Gasteiger partial charge in [-0.1, -0.05) is 77.1 Å². The summed E-state index contributed by atoms with van der Waals surface area (Å²) in [6.45, 7) is 12.8. The minimum atomic E-state index is -0.0731. The number of amides is 2. The van der Waals surface area contributed by atoms with Crippen LogP contribution in [0.2, 0.25) is 0 Å². The fourth-order valence-electron chi connectivity index (χ4n) is 5.02. The Hall–Kier alpha value is -3.16. The summed E-state index contributed by atoms with van der Waals surface area (Å²) in [6.07, 6.45) is 4.74. The number of nitrogens with zero attached hydrogens (tertiary/aromatic N) is 2. The van der Waals surface area contributed by atoms with Gasteiger partial charge in [-0.15, -0.1) is 11.8 Å². The maximum absolute atomic E-state index is 13.3. The minimum absolute atomic E-state index is 0.0389. The average molecular weight is 575 g/mol. The Bertz CT molecular complexity index is 1230. The van der Waals surface area contributed by atoms with E-state index in [4.69, 9.17) is 0 Å². The summed E-state index contributed by atoms with van der Waals surface area (Å²) in [5.41, 5.74) is 3.93. The van der Waals surface area contributed by atoms with E-state index in [0.717, 1.165) is 60.9 Å². The number of hydrogen-bond acceptors (Lipinski definition) is 5. The topological polar surface area (TPSA) is 74.3 Å². The van der Waals surface area contributed by atoms with E-state index in [9.17, 15) is 9.59 Å². The van der Waals surface area contributed by atoms with Gasteiger partial charge >= 0.3 is 0 Å². The van der Waals surface area contributed by atoms with E-state index in [0.29, 0.717) is 11.5 Å². The molecule has 3 aromatic rings. The van der Waals surface area contributed by atoms with E-state index in [1.807, 2.05) is 70.2 Å². The molecule has 1 aliphatic heterocycles. The van der Waals surface area contributed by atoms with Crippen molar-refractivity contribution in [1.82, 2.24) is 15.2 Å². The molecule has 4 rings (SSSR count). The van der Waals surface area contributed by atoms with E-state index in [1.165, 1.54) is 5.56 Å². The van der Waals surface area contributed by atoms with Gasteiger partial charge in [0.1, 0.15) is 5.03 Å². The molecule has 2 aromatic carbocycles. The highest BCUT2D eigenvalue weighted by molar-refractivity contribution is 7.99. The third-order valence-corrected chi connectivity index (χ3v) is 8.16. The van der Waals surface area contributed by atoms with Crippen LogP contribution >= 0.6 is 11.8 Å². The van der Waals surface area contributed by atoms with Gasteiger partial charge in [0.25, 0.3) is 5.91 Å². The van der Waals surface area contributed by atoms with Crippen LogP contribution < -0.4 is 10.6 Å². The Morgan fingerprint density at radius 3 is 2.41 bits per heavy atom. The lowest BCUT2D eigenvalue weighted by atomic mass is 9.89. The number of thioether (sulfide) groups is 1. The second-order valence-electron chi connectivity index (χ2n) is 10.4. The van der Waals surface area contributed by atoms with Crippen molar-refractivity contribution in [2.24, 2.45) is 5.92 Å². The number of anilines is 1. The molecule has 1 fully saturated rings. The van der Waals surface area contributed by atoms with Crippen LogP contribution in [0.1, 0.15) is 87.3 Å². The zero-order chi connectivity index (χ0) is 29.6. The molecule has 0 aliphatic carbocycles. The third-order valence-electron chi connectivity index (χ3n) is 7.28. The highest BCUT2D eigenvalue weighted by atomic mass is 32.2. The first-order chi connectivity index (χ1) is 19.9. The van der Waals surface area contributed by atoms with Crippen molar-refractivity contribution in [2.75, 3.05) is 30.7 Å². The van der Waals surface area contributed by atoms with Crippen LogP contribution in [0.5, 0.6) is 0 Å². The zero-order valence-corrected chi connectivity index (χ0v) is 26.0. The number of hydrogen-bond donors (Lipinski definition) is 2. The van der Waals surface area contributed by atoms with Crippen molar-refractivity contribution >= 4 is 29.3 Å². The molecule has 0 bridgehead atoms. The van der Waals surface area contributed by atoms with Gasteiger partial charge in [-0.2, -0.15) is 0 Å². The van der Waals surface area contributed by atoms with Crippen LogP contribution in [0.15, 0.2) is 78.0 Å². The van der Waals surface area contributed by atoms with Crippen LogP contribution in [0.3, 0.4) is 0 Å². The number of rotatable bonds is 11. The molecule has 2 N–H and O–H groups in total. The molecule has 0 spiro atoms. The molecule has 2 heterocycles. The van der Waals surface area contributed by atoms with E-state index in [2.05, 4.69) is 51.7 Å². The number of carbonyl (C=O) groups is 2. The van der Waals surface area contributed by atoms with Gasteiger partial charge in [0.2, 0.25) is 5.91 Å². The molecule has 1 unspecified atom stereocenters. The van der Waals surface area contributed by atoms with Crippen molar-refractivity contribution in [1.29, 1.82) is 0 Å². The van der Waals surface area contributed by atoms with Crippen molar-refractivity contribution < 1.29 is 9.59 Å². The van der Waals surface area contributed by atoms with Crippen LogP contribution in [0.25, 0.3) is 0 Å². The number of likely N-dealkylation sites (tertiary alicyclic amines) is 1. The Morgan fingerprint density at radius 2 is 1.73 bits per heavy atom. The second kappa shape index (κ2) is 16.9. The fourth-order valence-corrected chi connectivity index (χ4v) is 5.74. The SMILES string of the molecule is CC.CCSc1ncccc1C(=O)NC(CCN1CCC(c2cccc(NC(=O)C(C)C)c2)CC1)c1ccccc1. The Morgan fingerprint density at radius 1 is 1.00 bits per heavy atom. The van der Waals surface area contributed by atoms with Crippen molar-refractivity contribution in [3.05, 3.63) is 89.6 Å². The van der Waals surface area contributed by atoms with Crippen LogP contribution in [-0.2, 0) is 4.79 Å². The van der Waals surface area contributed by atoms with Gasteiger partial charge in [-0.25, -0.2) is 4.98 Å². The number of pyridine rings is 1. The standard InChI is InChI=1S/C32H40N4O2S.C2H6/c1-4-39-32-28(14-9-18-33-32)31(38)35-29(25-10-6-5-7-11-25)17-21-36-19-15-24(16-20-36)26-12-8-13-27(22-26)34-30(37)23(2)3;1-2/h5-14,18,22-24,29H,4,15-17,19-21H2,1-3H3,(H,34,37)(H,35,38);1-2H3. The van der Waals surface area contributed by atoms with Crippen molar-refractivity contribution in [3.8, 4) is 0 Å². The summed E-state index contributed by atoms with van der Waals surface area (Å²) in [4.78, 5) is 32.3. The number of piperidine rings is 1. The molecule has 2 amide bonds. The first kappa shape index (κ1) is 32.4. The quantitative estimate of drug-likeness (QED) is 0.231. The monoisotopic (exact) mass is 574 g/mol. The van der Waals surface area contributed by atoms with Crippen molar-refractivity contribution in [3.63, 3.8) is 0 Å². The summed E-state index contributed by atoms with van der Waals surface area (Å²) in [5, 5.41) is 7.10. The van der Waals surface area contributed by atoms with Crippen LogP contribution in [-0.4, -0.2) is 47.1 Å². The first-order valence-electron chi connectivity index (χ1n) is 15.0. The smallest absolute Gasteiger partial charge is 0.254 e. The van der Waals surface area contributed by atoms with Crippen LogP contribution in [0.4, 0.5) is 5.69 Å². The normalized spacial score (nSPS) is 14.6. The van der Waals surface area contributed by atoms with Gasteiger partial charge in [0.15, 0.2) is 0 Å². The molecule has 7 heteroatoms. The maximum atomic E-state index is 13.3. The largest absolute Gasteiger partial charge is 0.345 e. The molecule has 220 valence electrons. The predicted octanol–water partition coefficient (Wildman–Crippen LogP) is 7.56. The molecule has 41 heavy (non-hydrogen) atoms. The van der Waals surface area contributed by atoms with E-state index >= 15 is 0 Å². The molecule has 1 atom stereocenters. The summed E-state index contributed by atoms with van der Waals surface area (Å²) in [7, 11) is 0. The average Bonchev–Trinajstić information content (AvgIpc) is 3.01. The molecule has 0 radical (unpaired) electrons. The summed E-state index contributed by atoms with van der Waals surface area (Å²) >= 11 is 1.59. The highest BCUT2D eigenvalue weighted by Gasteiger charge is 2.24. The molecular weight excluding hydrogens is 528 g/mol. The van der Waals surface area contributed by atoms with Crippen molar-refractivity contribution in [2.45, 2.75) is 70.9 Å². The Balaban J connectivity index is 0.00000226. The molecule has 1 aromatic heterocycles. The molecular formula is C34H46N4O2S. The summed E-state index contributed by atoms with van der Waals surface area (Å²) in [5.74, 6) is 1.29. The van der Waals surface area contributed by atoms with Gasteiger partial charge in [0.05, 0.1) is 11.6 Å².